The fourth-order valence-electron chi connectivity index (χ4n) is 2.18. The van der Waals surface area contributed by atoms with Crippen molar-refractivity contribution in [2.24, 2.45) is 5.92 Å². The minimum atomic E-state index is 0.214. The molecule has 0 aromatic carbocycles. The molecule has 1 rings (SSSR count). The van der Waals surface area contributed by atoms with Crippen molar-refractivity contribution in [2.75, 3.05) is 13.7 Å². The number of likely N-dealkylation sites (tertiary alicyclic amines) is 1. The Labute approximate surface area is 95.0 Å². The average Bonchev–Trinajstić information content (AvgIpc) is 2.46. The van der Waals surface area contributed by atoms with Gasteiger partial charge in [0.25, 0.3) is 0 Å². The van der Waals surface area contributed by atoms with E-state index < -0.39 is 0 Å². The molecule has 0 radical (unpaired) electrons. The normalized spacial score (nSPS) is 22.1. The zero-order valence-electron chi connectivity index (χ0n) is 11.4. The quantitative estimate of drug-likeness (QED) is 0.483. The second kappa shape index (κ2) is 7.69. The largest absolute Gasteiger partial charge is 0.400 e. The van der Waals surface area contributed by atoms with Gasteiger partial charge in [0.15, 0.2) is 0 Å². The summed E-state index contributed by atoms with van der Waals surface area (Å²) in [5.74, 6) is 1.45. The van der Waals surface area contributed by atoms with Crippen LogP contribution in [0.25, 0.3) is 0 Å². The Balaban J connectivity index is 0. The first-order valence-electron chi connectivity index (χ1n) is 5.71. The third-order valence-electron chi connectivity index (χ3n) is 2.48. The molecule has 0 amide bonds. The van der Waals surface area contributed by atoms with Crippen LogP contribution in [0.5, 0.6) is 0 Å². The molecule has 0 saturated carbocycles. The van der Waals surface area contributed by atoms with E-state index in [0.717, 1.165) is 19.6 Å². The summed E-state index contributed by atoms with van der Waals surface area (Å²) in [6.45, 7) is 13.6. The highest BCUT2D eigenvalue weighted by atomic mass is 16.2. The highest BCUT2D eigenvalue weighted by Gasteiger charge is 2.36. The molecule has 15 heavy (non-hydrogen) atoms. The third kappa shape index (κ3) is 5.17. The Kier molecular flexibility index (Phi) is 8.63. The van der Waals surface area contributed by atoms with Crippen LogP contribution in [0, 0.1) is 11.3 Å². The van der Waals surface area contributed by atoms with Crippen LogP contribution < -0.4 is 0 Å². The number of nitrogens with zero attached hydrogens (tertiary/aromatic N) is 1. The van der Waals surface area contributed by atoms with Crippen LogP contribution in [0.3, 0.4) is 0 Å². The molecule has 1 atom stereocenters. The van der Waals surface area contributed by atoms with E-state index in [0.29, 0.717) is 5.84 Å². The molecule has 3 heteroatoms. The lowest BCUT2D eigenvalue weighted by molar-refractivity contribution is 0.279. The molecule has 1 fully saturated rings. The molecule has 1 unspecified atom stereocenters. The first-order valence-corrected chi connectivity index (χ1v) is 5.71. The van der Waals surface area contributed by atoms with Crippen molar-refractivity contribution in [1.82, 2.24) is 4.90 Å². The number of aliphatic hydroxyl groups is 1. The van der Waals surface area contributed by atoms with Crippen molar-refractivity contribution in [3.05, 3.63) is 0 Å². The van der Waals surface area contributed by atoms with Gasteiger partial charge in [-0.05, 0) is 33.1 Å². The summed E-state index contributed by atoms with van der Waals surface area (Å²) in [5, 5.41) is 14.6. The summed E-state index contributed by atoms with van der Waals surface area (Å²) in [5.41, 5.74) is 0.214. The van der Waals surface area contributed by atoms with Crippen molar-refractivity contribution in [2.45, 2.75) is 53.5 Å². The van der Waals surface area contributed by atoms with E-state index in [4.69, 9.17) is 10.5 Å². The van der Waals surface area contributed by atoms with E-state index in [1.165, 1.54) is 6.42 Å². The zero-order valence-corrected chi connectivity index (χ0v) is 11.4. The van der Waals surface area contributed by atoms with Crippen molar-refractivity contribution in [3.8, 4) is 0 Å². The molecule has 92 valence electrons. The fraction of sp³-hybridized carbons (Fsp3) is 0.917. The Hall–Kier alpha value is -0.570. The van der Waals surface area contributed by atoms with Crippen LogP contribution in [0.4, 0.5) is 0 Å². The maximum absolute atomic E-state index is 7.56. The molecule has 3 nitrogen and oxygen atoms in total. The molecule has 1 aliphatic heterocycles. The summed E-state index contributed by atoms with van der Waals surface area (Å²) in [6.07, 6.45) is 1.21. The van der Waals surface area contributed by atoms with Gasteiger partial charge in [0.2, 0.25) is 0 Å². The van der Waals surface area contributed by atoms with Gasteiger partial charge in [-0.25, -0.2) is 0 Å². The summed E-state index contributed by atoms with van der Waals surface area (Å²) >= 11 is 0. The summed E-state index contributed by atoms with van der Waals surface area (Å²) in [6, 6.07) is 0. The average molecular weight is 216 g/mol. The Morgan fingerprint density at radius 1 is 1.33 bits per heavy atom. The maximum atomic E-state index is 7.56. The first-order chi connectivity index (χ1) is 6.93. The Morgan fingerprint density at radius 3 is 1.87 bits per heavy atom. The van der Waals surface area contributed by atoms with Gasteiger partial charge in [0, 0.05) is 19.2 Å². The van der Waals surface area contributed by atoms with Gasteiger partial charge in [-0.15, -0.1) is 0 Å². The topological polar surface area (TPSA) is 47.3 Å². The van der Waals surface area contributed by atoms with Gasteiger partial charge in [-0.3, -0.25) is 5.41 Å². The summed E-state index contributed by atoms with van der Waals surface area (Å²) < 4.78 is 0. The molecular weight excluding hydrogens is 188 g/mol. The monoisotopic (exact) mass is 216 g/mol. The number of aliphatic hydroxyl groups excluding tert-OH is 1. The number of nitrogens with one attached hydrogen (secondary N) is 1. The van der Waals surface area contributed by atoms with Gasteiger partial charge in [-0.2, -0.15) is 0 Å². The van der Waals surface area contributed by atoms with E-state index in [9.17, 15) is 0 Å². The predicted molar refractivity (Wildman–Crippen MR) is 67.5 cm³/mol. The van der Waals surface area contributed by atoms with Gasteiger partial charge in [0.1, 0.15) is 0 Å². The molecular formula is C12H28N2O. The van der Waals surface area contributed by atoms with E-state index >= 15 is 0 Å². The highest BCUT2D eigenvalue weighted by Crippen LogP contribution is 2.31. The SMILES string of the molecule is CC.CC(=N)N1CC(C)CC1(C)C.CO. The van der Waals surface area contributed by atoms with Crippen LogP contribution in [0.2, 0.25) is 0 Å². The molecule has 0 bridgehead atoms. The molecule has 2 N–H and O–H groups in total. The number of amidine groups is 1. The van der Waals surface area contributed by atoms with Gasteiger partial charge < -0.3 is 10.0 Å². The number of hydrogen-bond donors (Lipinski definition) is 2. The lowest BCUT2D eigenvalue weighted by Gasteiger charge is -2.32. The van der Waals surface area contributed by atoms with Crippen molar-refractivity contribution in [3.63, 3.8) is 0 Å². The van der Waals surface area contributed by atoms with Gasteiger partial charge in [0.05, 0.1) is 5.84 Å². The minimum absolute atomic E-state index is 0.214. The Morgan fingerprint density at radius 2 is 1.73 bits per heavy atom. The van der Waals surface area contributed by atoms with Crippen molar-refractivity contribution >= 4 is 5.84 Å². The highest BCUT2D eigenvalue weighted by molar-refractivity contribution is 5.77. The molecule has 1 aliphatic rings. The number of rotatable bonds is 0. The van der Waals surface area contributed by atoms with Crippen LogP contribution in [-0.4, -0.2) is 35.0 Å². The first kappa shape index (κ1) is 16.8. The summed E-state index contributed by atoms with van der Waals surface area (Å²) in [7, 11) is 1.00. The fourth-order valence-corrected chi connectivity index (χ4v) is 2.18. The van der Waals surface area contributed by atoms with Gasteiger partial charge >= 0.3 is 0 Å². The molecule has 1 saturated heterocycles. The second-order valence-electron chi connectivity index (χ2n) is 4.32. The lowest BCUT2D eigenvalue weighted by Crippen LogP contribution is -2.40. The number of hydrogen-bond acceptors (Lipinski definition) is 2. The molecule has 0 aromatic heterocycles. The lowest BCUT2D eigenvalue weighted by atomic mass is 9.98. The second-order valence-corrected chi connectivity index (χ2v) is 4.32. The predicted octanol–water partition coefficient (Wildman–Crippen LogP) is 2.74. The van der Waals surface area contributed by atoms with Crippen molar-refractivity contribution < 1.29 is 5.11 Å². The summed E-state index contributed by atoms with van der Waals surface area (Å²) in [4.78, 5) is 2.19. The Bertz CT molecular complexity index is 178. The molecule has 0 aromatic rings. The van der Waals surface area contributed by atoms with Crippen LogP contribution in [0.15, 0.2) is 0 Å². The van der Waals surface area contributed by atoms with Gasteiger partial charge in [-0.1, -0.05) is 20.8 Å². The zero-order chi connectivity index (χ0) is 12.6. The van der Waals surface area contributed by atoms with Crippen LogP contribution >= 0.6 is 0 Å². The maximum Gasteiger partial charge on any atom is 0.0930 e. The van der Waals surface area contributed by atoms with E-state index in [1.807, 2.05) is 20.8 Å². The third-order valence-corrected chi connectivity index (χ3v) is 2.48. The van der Waals surface area contributed by atoms with Crippen molar-refractivity contribution in [1.29, 1.82) is 5.41 Å². The molecule has 0 spiro atoms. The van der Waals surface area contributed by atoms with E-state index in [2.05, 4.69) is 25.7 Å². The van der Waals surface area contributed by atoms with E-state index in [1.54, 1.807) is 0 Å². The smallest absolute Gasteiger partial charge is 0.0930 e. The molecule has 0 aliphatic carbocycles. The van der Waals surface area contributed by atoms with Crippen LogP contribution in [-0.2, 0) is 0 Å². The minimum Gasteiger partial charge on any atom is -0.400 e. The van der Waals surface area contributed by atoms with E-state index in [-0.39, 0.29) is 5.54 Å². The standard InChI is InChI=1S/C9H18N2.C2H6.CH4O/c1-7-5-9(3,4)11(6-7)8(2)10;2*1-2/h7,10H,5-6H2,1-4H3;1-2H3;2H,1H3. The molecule has 1 heterocycles. The van der Waals surface area contributed by atoms with Crippen LogP contribution in [0.1, 0.15) is 48.0 Å².